The summed E-state index contributed by atoms with van der Waals surface area (Å²) in [6.45, 7) is 3.95. The number of carbonyl (C=O) groups excluding carboxylic acids is 1. The van der Waals surface area contributed by atoms with Crippen LogP contribution in [0.4, 0.5) is 0 Å². The van der Waals surface area contributed by atoms with Gasteiger partial charge < -0.3 is 11.1 Å². The summed E-state index contributed by atoms with van der Waals surface area (Å²) in [7, 11) is 0. The molecule has 0 aliphatic rings. The second kappa shape index (κ2) is 7.39. The maximum absolute atomic E-state index is 11.8. The average Bonchev–Trinajstić information content (AvgIpc) is 2.34. The molecule has 0 radical (unpaired) electrons. The molecule has 0 aliphatic carbocycles. The van der Waals surface area contributed by atoms with Crippen molar-refractivity contribution in [2.75, 3.05) is 0 Å². The lowest BCUT2D eigenvalue weighted by Gasteiger charge is -2.18. The SMILES string of the molecule is CCC(NC(=O)CCC(C)N)c1ccc(Cl)cc1. The summed E-state index contributed by atoms with van der Waals surface area (Å²) in [6.07, 6.45) is 2.04. The Bertz CT molecular complexity index is 376. The van der Waals surface area contributed by atoms with Gasteiger partial charge in [-0.2, -0.15) is 0 Å². The number of nitrogens with one attached hydrogen (secondary N) is 1. The Balaban J connectivity index is 2.56. The van der Waals surface area contributed by atoms with Crippen molar-refractivity contribution in [1.29, 1.82) is 0 Å². The van der Waals surface area contributed by atoms with Crippen LogP contribution in [-0.2, 0) is 4.79 Å². The topological polar surface area (TPSA) is 55.1 Å². The van der Waals surface area contributed by atoms with Crippen LogP contribution in [0.3, 0.4) is 0 Å². The van der Waals surface area contributed by atoms with Crippen molar-refractivity contribution in [1.82, 2.24) is 5.32 Å². The van der Waals surface area contributed by atoms with Crippen LogP contribution >= 0.6 is 11.6 Å². The molecule has 2 atom stereocenters. The maximum atomic E-state index is 11.8. The molecular weight excluding hydrogens is 248 g/mol. The third-order valence-electron chi connectivity index (χ3n) is 2.84. The molecule has 3 nitrogen and oxygen atoms in total. The smallest absolute Gasteiger partial charge is 0.220 e. The minimum Gasteiger partial charge on any atom is -0.349 e. The lowest BCUT2D eigenvalue weighted by molar-refractivity contribution is -0.122. The molecule has 0 aromatic heterocycles. The maximum Gasteiger partial charge on any atom is 0.220 e. The van der Waals surface area contributed by atoms with Crippen molar-refractivity contribution in [3.63, 3.8) is 0 Å². The number of carbonyl (C=O) groups is 1. The van der Waals surface area contributed by atoms with Gasteiger partial charge >= 0.3 is 0 Å². The summed E-state index contributed by atoms with van der Waals surface area (Å²) in [5.41, 5.74) is 6.72. The van der Waals surface area contributed by atoms with Crippen molar-refractivity contribution in [2.24, 2.45) is 5.73 Å². The van der Waals surface area contributed by atoms with Gasteiger partial charge in [-0.25, -0.2) is 0 Å². The first-order valence-corrected chi connectivity index (χ1v) is 6.71. The predicted octanol–water partition coefficient (Wildman–Crippen LogP) is 3.03. The van der Waals surface area contributed by atoms with Gasteiger partial charge in [0.2, 0.25) is 5.91 Å². The minimum absolute atomic E-state index is 0.0443. The van der Waals surface area contributed by atoms with Crippen LogP contribution in [0.15, 0.2) is 24.3 Å². The molecule has 18 heavy (non-hydrogen) atoms. The van der Waals surface area contributed by atoms with Crippen LogP contribution in [0.25, 0.3) is 0 Å². The summed E-state index contributed by atoms with van der Waals surface area (Å²) in [5.74, 6) is 0.0501. The number of rotatable bonds is 6. The lowest BCUT2D eigenvalue weighted by atomic mass is 10.0. The fourth-order valence-electron chi connectivity index (χ4n) is 1.74. The number of halogens is 1. The average molecular weight is 269 g/mol. The number of amides is 1. The van der Waals surface area contributed by atoms with Gasteiger partial charge in [0.1, 0.15) is 0 Å². The highest BCUT2D eigenvalue weighted by Gasteiger charge is 2.12. The van der Waals surface area contributed by atoms with Gasteiger partial charge in [-0.05, 0) is 37.5 Å². The molecule has 0 saturated heterocycles. The van der Waals surface area contributed by atoms with Gasteiger partial charge in [0, 0.05) is 17.5 Å². The van der Waals surface area contributed by atoms with Crippen LogP contribution in [-0.4, -0.2) is 11.9 Å². The number of nitrogens with two attached hydrogens (primary N) is 1. The first kappa shape index (κ1) is 15.0. The van der Waals surface area contributed by atoms with Crippen LogP contribution in [0.1, 0.15) is 44.7 Å². The van der Waals surface area contributed by atoms with Crippen molar-refractivity contribution in [2.45, 2.75) is 45.2 Å². The van der Waals surface area contributed by atoms with E-state index < -0.39 is 0 Å². The van der Waals surface area contributed by atoms with Gasteiger partial charge in [-0.1, -0.05) is 30.7 Å². The summed E-state index contributed by atoms with van der Waals surface area (Å²) in [6, 6.07) is 7.68. The third kappa shape index (κ3) is 5.07. The Hall–Kier alpha value is -1.06. The molecular formula is C14H21ClN2O. The molecule has 0 fully saturated rings. The van der Waals surface area contributed by atoms with Gasteiger partial charge in [0.15, 0.2) is 0 Å². The van der Waals surface area contributed by atoms with E-state index in [0.717, 1.165) is 12.0 Å². The van der Waals surface area contributed by atoms with Gasteiger partial charge in [-0.15, -0.1) is 0 Å². The summed E-state index contributed by atoms with van der Waals surface area (Å²) in [4.78, 5) is 11.8. The largest absolute Gasteiger partial charge is 0.349 e. The zero-order valence-corrected chi connectivity index (χ0v) is 11.7. The van der Waals surface area contributed by atoms with Crippen LogP contribution < -0.4 is 11.1 Å². The molecule has 100 valence electrons. The standard InChI is InChI=1S/C14H21ClN2O/c1-3-13(11-5-7-12(15)8-6-11)17-14(18)9-4-10(2)16/h5-8,10,13H,3-4,9,16H2,1-2H3,(H,17,18). The Labute approximate surface area is 114 Å². The number of benzene rings is 1. The fraction of sp³-hybridized carbons (Fsp3) is 0.500. The summed E-state index contributed by atoms with van der Waals surface area (Å²) in [5, 5.41) is 3.73. The number of hydrogen-bond donors (Lipinski definition) is 2. The monoisotopic (exact) mass is 268 g/mol. The third-order valence-corrected chi connectivity index (χ3v) is 3.09. The Morgan fingerprint density at radius 3 is 2.50 bits per heavy atom. The zero-order valence-electron chi connectivity index (χ0n) is 10.9. The molecule has 2 unspecified atom stereocenters. The predicted molar refractivity (Wildman–Crippen MR) is 75.5 cm³/mol. The van der Waals surface area contributed by atoms with Crippen molar-refractivity contribution < 1.29 is 4.79 Å². The highest BCUT2D eigenvalue weighted by Crippen LogP contribution is 2.19. The summed E-state index contributed by atoms with van der Waals surface area (Å²) < 4.78 is 0. The van der Waals surface area contributed by atoms with E-state index in [1.165, 1.54) is 0 Å². The second-order valence-corrected chi connectivity index (χ2v) is 5.03. The molecule has 0 spiro atoms. The first-order valence-electron chi connectivity index (χ1n) is 6.33. The fourth-order valence-corrected chi connectivity index (χ4v) is 1.87. The Morgan fingerprint density at radius 1 is 1.39 bits per heavy atom. The Morgan fingerprint density at radius 2 is 2.00 bits per heavy atom. The van der Waals surface area contributed by atoms with Gasteiger partial charge in [0.05, 0.1) is 6.04 Å². The molecule has 0 heterocycles. The molecule has 4 heteroatoms. The van der Waals surface area contributed by atoms with Crippen LogP contribution in [0.5, 0.6) is 0 Å². The van der Waals surface area contributed by atoms with E-state index in [0.29, 0.717) is 17.9 Å². The molecule has 0 saturated carbocycles. The van der Waals surface area contributed by atoms with E-state index in [1.54, 1.807) is 0 Å². The van der Waals surface area contributed by atoms with E-state index in [4.69, 9.17) is 17.3 Å². The molecule has 0 bridgehead atoms. The molecule has 1 aromatic rings. The zero-order chi connectivity index (χ0) is 13.5. The minimum atomic E-state index is 0.0443. The molecule has 0 aliphatic heterocycles. The molecule has 3 N–H and O–H groups in total. The second-order valence-electron chi connectivity index (χ2n) is 4.60. The van der Waals surface area contributed by atoms with E-state index in [-0.39, 0.29) is 18.0 Å². The van der Waals surface area contributed by atoms with Crippen LogP contribution in [0, 0.1) is 0 Å². The number of hydrogen-bond acceptors (Lipinski definition) is 2. The van der Waals surface area contributed by atoms with E-state index in [9.17, 15) is 4.79 Å². The molecule has 1 rings (SSSR count). The van der Waals surface area contributed by atoms with Gasteiger partial charge in [0.25, 0.3) is 0 Å². The van der Waals surface area contributed by atoms with Gasteiger partial charge in [-0.3, -0.25) is 4.79 Å². The van der Waals surface area contributed by atoms with Crippen molar-refractivity contribution >= 4 is 17.5 Å². The highest BCUT2D eigenvalue weighted by molar-refractivity contribution is 6.30. The first-order chi connectivity index (χ1) is 8.52. The lowest BCUT2D eigenvalue weighted by Crippen LogP contribution is -2.29. The molecule has 1 aromatic carbocycles. The summed E-state index contributed by atoms with van der Waals surface area (Å²) >= 11 is 5.85. The molecule has 1 amide bonds. The van der Waals surface area contributed by atoms with E-state index in [2.05, 4.69) is 5.32 Å². The van der Waals surface area contributed by atoms with E-state index >= 15 is 0 Å². The van der Waals surface area contributed by atoms with Crippen molar-refractivity contribution in [3.05, 3.63) is 34.9 Å². The van der Waals surface area contributed by atoms with Crippen molar-refractivity contribution in [3.8, 4) is 0 Å². The highest BCUT2D eigenvalue weighted by atomic mass is 35.5. The van der Waals surface area contributed by atoms with Crippen LogP contribution in [0.2, 0.25) is 5.02 Å². The van der Waals surface area contributed by atoms with E-state index in [1.807, 2.05) is 38.1 Å². The Kier molecular flexibility index (Phi) is 6.16. The quantitative estimate of drug-likeness (QED) is 0.833. The normalized spacial score (nSPS) is 14.0.